The van der Waals surface area contributed by atoms with E-state index in [2.05, 4.69) is 24.9 Å². The quantitative estimate of drug-likeness (QED) is 0.232. The average molecular weight is 442 g/mol. The number of aliphatic imine (C=N–C) groups is 1. The summed E-state index contributed by atoms with van der Waals surface area (Å²) in [5.41, 5.74) is 3.11. The third kappa shape index (κ3) is 5.69. The molecule has 3 aromatic rings. The molecule has 0 aromatic heterocycles. The number of nitrogens with zero attached hydrogens (tertiary/aromatic N) is 1. The first-order chi connectivity index (χ1) is 16.1. The standard InChI is InChI=1S/C28H27NO4/c1-3-20(2)24-11-7-8-12-26(24)32-18-17-31-23-15-13-21(14-16-23)19-25-28(30)33-27(29-25)22-9-5-4-6-10-22/h4-16,19-20H,3,17-18H2,1-2H3/b25-19-. The molecule has 1 unspecified atom stereocenters. The fraction of sp³-hybridized carbons (Fsp3) is 0.214. The number of cyclic esters (lactones) is 1. The molecule has 0 saturated heterocycles. The molecule has 0 spiro atoms. The lowest BCUT2D eigenvalue weighted by Crippen LogP contribution is -2.10. The van der Waals surface area contributed by atoms with E-state index in [-0.39, 0.29) is 5.70 Å². The first-order valence-electron chi connectivity index (χ1n) is 11.2. The van der Waals surface area contributed by atoms with Gasteiger partial charge < -0.3 is 14.2 Å². The molecule has 1 atom stereocenters. The molecule has 5 heteroatoms. The molecule has 1 aliphatic rings. The second-order valence-electron chi connectivity index (χ2n) is 7.82. The Kier molecular flexibility index (Phi) is 7.20. The Balaban J connectivity index is 1.32. The number of rotatable bonds is 9. The number of esters is 1. The summed E-state index contributed by atoms with van der Waals surface area (Å²) in [6.45, 7) is 5.28. The van der Waals surface area contributed by atoms with Gasteiger partial charge in [-0.1, -0.05) is 62.4 Å². The monoisotopic (exact) mass is 441 g/mol. The summed E-state index contributed by atoms with van der Waals surface area (Å²) in [5.74, 6) is 1.97. The van der Waals surface area contributed by atoms with Crippen LogP contribution in [0.15, 0.2) is 89.6 Å². The molecule has 0 radical (unpaired) electrons. The summed E-state index contributed by atoms with van der Waals surface area (Å²) in [6, 6.07) is 25.0. The highest BCUT2D eigenvalue weighted by Gasteiger charge is 2.23. The number of carbonyl (C=O) groups is 1. The Bertz CT molecular complexity index is 1150. The van der Waals surface area contributed by atoms with Crippen LogP contribution in [0.5, 0.6) is 11.5 Å². The molecule has 5 nitrogen and oxygen atoms in total. The topological polar surface area (TPSA) is 57.1 Å². The van der Waals surface area contributed by atoms with Crippen LogP contribution in [0.3, 0.4) is 0 Å². The van der Waals surface area contributed by atoms with Gasteiger partial charge in [-0.2, -0.15) is 0 Å². The third-order valence-electron chi connectivity index (χ3n) is 5.50. The number of benzene rings is 3. The van der Waals surface area contributed by atoms with Crippen LogP contribution in [0, 0.1) is 0 Å². The molecule has 4 rings (SSSR count). The fourth-order valence-corrected chi connectivity index (χ4v) is 3.48. The van der Waals surface area contributed by atoms with E-state index < -0.39 is 5.97 Å². The zero-order chi connectivity index (χ0) is 23.0. The van der Waals surface area contributed by atoms with Gasteiger partial charge in [-0.15, -0.1) is 0 Å². The van der Waals surface area contributed by atoms with E-state index in [9.17, 15) is 4.79 Å². The molecule has 33 heavy (non-hydrogen) atoms. The predicted molar refractivity (Wildman–Crippen MR) is 130 cm³/mol. The maximum Gasteiger partial charge on any atom is 0.363 e. The van der Waals surface area contributed by atoms with Crippen LogP contribution in [0.2, 0.25) is 0 Å². The van der Waals surface area contributed by atoms with Gasteiger partial charge in [0.2, 0.25) is 5.90 Å². The summed E-state index contributed by atoms with van der Waals surface area (Å²) in [4.78, 5) is 16.5. The van der Waals surface area contributed by atoms with Gasteiger partial charge in [0.15, 0.2) is 5.70 Å². The maximum absolute atomic E-state index is 12.2. The van der Waals surface area contributed by atoms with Crippen LogP contribution in [-0.2, 0) is 9.53 Å². The Morgan fingerprint density at radius 3 is 2.36 bits per heavy atom. The lowest BCUT2D eigenvalue weighted by atomic mass is 9.98. The van der Waals surface area contributed by atoms with E-state index in [0.717, 1.165) is 29.0 Å². The van der Waals surface area contributed by atoms with Gasteiger partial charge in [0.25, 0.3) is 0 Å². The van der Waals surface area contributed by atoms with Crippen molar-refractivity contribution >= 4 is 17.9 Å². The minimum atomic E-state index is -0.455. The average Bonchev–Trinajstić information content (AvgIpc) is 3.23. The lowest BCUT2D eigenvalue weighted by Gasteiger charge is -2.15. The van der Waals surface area contributed by atoms with Crippen LogP contribution in [-0.4, -0.2) is 25.1 Å². The Hall–Kier alpha value is -3.86. The zero-order valence-electron chi connectivity index (χ0n) is 18.9. The van der Waals surface area contributed by atoms with E-state index in [4.69, 9.17) is 14.2 Å². The predicted octanol–water partition coefficient (Wildman–Crippen LogP) is 6.00. The first-order valence-corrected chi connectivity index (χ1v) is 11.2. The highest BCUT2D eigenvalue weighted by atomic mass is 16.6. The summed E-state index contributed by atoms with van der Waals surface area (Å²) in [7, 11) is 0. The number of hydrogen-bond donors (Lipinski definition) is 0. The normalized spacial score (nSPS) is 15.2. The van der Waals surface area contributed by atoms with Crippen LogP contribution in [0.4, 0.5) is 0 Å². The Labute approximate surface area is 194 Å². The first kappa shape index (κ1) is 22.3. The van der Waals surface area contributed by atoms with Crippen molar-refractivity contribution in [3.05, 3.63) is 101 Å². The van der Waals surface area contributed by atoms with E-state index >= 15 is 0 Å². The maximum atomic E-state index is 12.2. The van der Waals surface area contributed by atoms with E-state index in [1.807, 2.05) is 72.8 Å². The van der Waals surface area contributed by atoms with Crippen LogP contribution in [0.25, 0.3) is 6.08 Å². The number of carbonyl (C=O) groups excluding carboxylic acids is 1. The molecular formula is C28H27NO4. The van der Waals surface area contributed by atoms with Gasteiger partial charge >= 0.3 is 5.97 Å². The lowest BCUT2D eigenvalue weighted by molar-refractivity contribution is -0.129. The van der Waals surface area contributed by atoms with Crippen molar-refractivity contribution in [1.29, 1.82) is 0 Å². The molecule has 0 aliphatic carbocycles. The van der Waals surface area contributed by atoms with Crippen molar-refractivity contribution in [3.63, 3.8) is 0 Å². The molecule has 1 aliphatic heterocycles. The van der Waals surface area contributed by atoms with Crippen molar-refractivity contribution in [2.24, 2.45) is 4.99 Å². The summed E-state index contributed by atoms with van der Waals surface area (Å²) < 4.78 is 17.1. The van der Waals surface area contributed by atoms with Crippen LogP contribution >= 0.6 is 0 Å². The SMILES string of the molecule is CCC(C)c1ccccc1OCCOc1ccc(/C=C2\N=C(c3ccccc3)OC2=O)cc1. The molecule has 0 N–H and O–H groups in total. The number of para-hydroxylation sites is 1. The third-order valence-corrected chi connectivity index (χ3v) is 5.50. The zero-order valence-corrected chi connectivity index (χ0v) is 18.9. The van der Waals surface area contributed by atoms with Crippen molar-refractivity contribution in [2.75, 3.05) is 13.2 Å². The minimum Gasteiger partial charge on any atom is -0.490 e. The molecule has 1 heterocycles. The highest BCUT2D eigenvalue weighted by molar-refractivity contribution is 6.12. The Morgan fingerprint density at radius 2 is 1.61 bits per heavy atom. The van der Waals surface area contributed by atoms with Gasteiger partial charge in [0.1, 0.15) is 24.7 Å². The second kappa shape index (κ2) is 10.6. The van der Waals surface area contributed by atoms with Gasteiger partial charge in [-0.05, 0) is 59.9 Å². The smallest absolute Gasteiger partial charge is 0.363 e. The number of hydrogen-bond acceptors (Lipinski definition) is 5. The van der Waals surface area contributed by atoms with Crippen molar-refractivity contribution < 1.29 is 19.0 Å². The van der Waals surface area contributed by atoms with Gasteiger partial charge in [0.05, 0.1) is 0 Å². The molecule has 168 valence electrons. The van der Waals surface area contributed by atoms with Crippen LogP contribution in [0.1, 0.15) is 42.9 Å². The van der Waals surface area contributed by atoms with Gasteiger partial charge in [-0.25, -0.2) is 9.79 Å². The van der Waals surface area contributed by atoms with Crippen molar-refractivity contribution in [1.82, 2.24) is 0 Å². The second-order valence-corrected chi connectivity index (χ2v) is 7.82. The van der Waals surface area contributed by atoms with E-state index in [0.29, 0.717) is 25.0 Å². The van der Waals surface area contributed by atoms with Crippen molar-refractivity contribution in [3.8, 4) is 11.5 Å². The molecule has 3 aromatic carbocycles. The van der Waals surface area contributed by atoms with Gasteiger partial charge in [0, 0.05) is 5.56 Å². The van der Waals surface area contributed by atoms with Gasteiger partial charge in [-0.3, -0.25) is 0 Å². The van der Waals surface area contributed by atoms with Crippen LogP contribution < -0.4 is 9.47 Å². The highest BCUT2D eigenvalue weighted by Crippen LogP contribution is 2.28. The largest absolute Gasteiger partial charge is 0.490 e. The Morgan fingerprint density at radius 1 is 0.909 bits per heavy atom. The number of ether oxygens (including phenoxy) is 3. The minimum absolute atomic E-state index is 0.274. The fourth-order valence-electron chi connectivity index (χ4n) is 3.48. The van der Waals surface area contributed by atoms with Crippen molar-refractivity contribution in [2.45, 2.75) is 26.2 Å². The van der Waals surface area contributed by atoms with E-state index in [1.54, 1.807) is 6.08 Å². The summed E-state index contributed by atoms with van der Waals surface area (Å²) >= 11 is 0. The molecule has 0 saturated carbocycles. The summed E-state index contributed by atoms with van der Waals surface area (Å²) in [6.07, 6.45) is 2.77. The molecule has 0 amide bonds. The summed E-state index contributed by atoms with van der Waals surface area (Å²) in [5, 5.41) is 0. The molecular weight excluding hydrogens is 414 g/mol. The molecule has 0 fully saturated rings. The van der Waals surface area contributed by atoms with E-state index in [1.165, 1.54) is 5.56 Å². The molecule has 0 bridgehead atoms.